The van der Waals surface area contributed by atoms with Crippen molar-refractivity contribution < 1.29 is 0 Å². The van der Waals surface area contributed by atoms with Crippen LogP contribution in [0.1, 0.15) is 42.9 Å². The zero-order valence-electron chi connectivity index (χ0n) is 18.2. The van der Waals surface area contributed by atoms with Gasteiger partial charge in [0, 0.05) is 30.2 Å². The van der Waals surface area contributed by atoms with E-state index in [0.29, 0.717) is 6.04 Å². The highest BCUT2D eigenvalue weighted by Crippen LogP contribution is 2.44. The number of thioether (sulfide) groups is 1. The molecular weight excluding hydrogens is 424 g/mol. The van der Waals surface area contributed by atoms with Gasteiger partial charge in [0.15, 0.2) is 10.3 Å². The maximum absolute atomic E-state index is 5.59. The van der Waals surface area contributed by atoms with Crippen molar-refractivity contribution in [2.75, 3.05) is 5.32 Å². The summed E-state index contributed by atoms with van der Waals surface area (Å²) in [5.41, 5.74) is 5.03. The summed E-state index contributed by atoms with van der Waals surface area (Å²) in [5, 5.41) is 8.43. The van der Waals surface area contributed by atoms with Crippen molar-refractivity contribution in [2.45, 2.75) is 56.5 Å². The summed E-state index contributed by atoms with van der Waals surface area (Å²) in [5.74, 6) is 3.42. The first-order valence-corrected chi connectivity index (χ1v) is 12.3. The molecule has 2 N–H and O–H groups in total. The Hall–Kier alpha value is -2.19. The summed E-state index contributed by atoms with van der Waals surface area (Å²) in [4.78, 5) is 13.9. The lowest BCUT2D eigenvalue weighted by molar-refractivity contribution is 0.392. The average Bonchev–Trinajstić information content (AvgIpc) is 3.40. The fourth-order valence-corrected chi connectivity index (χ4v) is 6.30. The van der Waals surface area contributed by atoms with Crippen LogP contribution in [0.15, 0.2) is 29.4 Å². The molecule has 2 aromatic heterocycles. The molecular formula is C23H28N6S2. The van der Waals surface area contributed by atoms with Gasteiger partial charge in [-0.05, 0) is 81.4 Å². The van der Waals surface area contributed by atoms with Gasteiger partial charge >= 0.3 is 0 Å². The van der Waals surface area contributed by atoms with E-state index in [1.807, 2.05) is 19.9 Å². The molecule has 5 rings (SSSR count). The van der Waals surface area contributed by atoms with Crippen LogP contribution in [0.5, 0.6) is 0 Å². The average molecular weight is 453 g/mol. The summed E-state index contributed by atoms with van der Waals surface area (Å²) in [6.45, 7) is 4.00. The highest BCUT2D eigenvalue weighted by molar-refractivity contribution is 7.98. The molecule has 0 radical (unpaired) electrons. The van der Waals surface area contributed by atoms with Gasteiger partial charge < -0.3 is 15.2 Å². The van der Waals surface area contributed by atoms with Gasteiger partial charge in [0.05, 0.1) is 16.8 Å². The van der Waals surface area contributed by atoms with Gasteiger partial charge in [0.2, 0.25) is 0 Å². The van der Waals surface area contributed by atoms with Gasteiger partial charge in [-0.25, -0.2) is 15.0 Å². The van der Waals surface area contributed by atoms with Gasteiger partial charge in [-0.1, -0.05) is 18.2 Å². The van der Waals surface area contributed by atoms with Crippen molar-refractivity contribution in [1.29, 1.82) is 0 Å². The SMILES string of the molecule is Cc1cc(C)nc(SCc2nc3cc(NC(=S)N[C@H]4C[C@@H]5CC[C@H]4C5)ccc3n2C)n1. The second-order valence-corrected chi connectivity index (χ2v) is 10.2. The Morgan fingerprint density at radius 3 is 2.65 bits per heavy atom. The fraction of sp³-hybridized carbons (Fsp3) is 0.478. The molecule has 6 nitrogen and oxygen atoms in total. The van der Waals surface area contributed by atoms with Crippen LogP contribution in [-0.4, -0.2) is 30.7 Å². The minimum Gasteiger partial charge on any atom is -0.359 e. The van der Waals surface area contributed by atoms with E-state index in [-0.39, 0.29) is 0 Å². The zero-order valence-corrected chi connectivity index (χ0v) is 19.8. The second kappa shape index (κ2) is 8.39. The summed E-state index contributed by atoms with van der Waals surface area (Å²) in [6, 6.07) is 8.78. The molecule has 1 aromatic carbocycles. The van der Waals surface area contributed by atoms with Crippen molar-refractivity contribution in [3.8, 4) is 0 Å². The number of benzene rings is 1. The van der Waals surface area contributed by atoms with E-state index in [2.05, 4.69) is 50.4 Å². The summed E-state index contributed by atoms with van der Waals surface area (Å²) < 4.78 is 2.14. The first-order valence-electron chi connectivity index (χ1n) is 10.9. The van der Waals surface area contributed by atoms with E-state index in [0.717, 1.165) is 61.8 Å². The molecule has 0 spiro atoms. The van der Waals surface area contributed by atoms with Crippen LogP contribution in [0.2, 0.25) is 0 Å². The number of anilines is 1. The molecule has 2 bridgehead atoms. The first-order chi connectivity index (χ1) is 14.9. The predicted octanol–water partition coefficient (Wildman–Crippen LogP) is 4.75. The van der Waals surface area contributed by atoms with Crippen LogP contribution >= 0.6 is 24.0 Å². The topological polar surface area (TPSA) is 67.7 Å². The molecule has 0 amide bonds. The Kier molecular flexibility index (Phi) is 5.60. The van der Waals surface area contributed by atoms with Gasteiger partial charge in [0.25, 0.3) is 0 Å². The molecule has 2 fully saturated rings. The minimum absolute atomic E-state index is 0.536. The number of nitrogens with zero attached hydrogens (tertiary/aromatic N) is 4. The third-order valence-electron chi connectivity index (χ3n) is 6.58. The molecule has 0 saturated heterocycles. The Labute approximate surface area is 192 Å². The number of hydrogen-bond acceptors (Lipinski definition) is 5. The molecule has 3 aromatic rings. The highest BCUT2D eigenvalue weighted by atomic mass is 32.2. The molecule has 0 aliphatic heterocycles. The second-order valence-electron chi connectivity index (χ2n) is 8.89. The Morgan fingerprint density at radius 2 is 1.94 bits per heavy atom. The fourth-order valence-electron chi connectivity index (χ4n) is 5.10. The molecule has 0 unspecified atom stereocenters. The van der Waals surface area contributed by atoms with E-state index in [9.17, 15) is 0 Å². The van der Waals surface area contributed by atoms with Crippen molar-refractivity contribution in [1.82, 2.24) is 24.8 Å². The van der Waals surface area contributed by atoms with Gasteiger partial charge in [-0.15, -0.1) is 0 Å². The summed E-state index contributed by atoms with van der Waals surface area (Å²) in [7, 11) is 2.06. The van der Waals surface area contributed by atoms with Crippen LogP contribution in [0.25, 0.3) is 11.0 Å². The lowest BCUT2D eigenvalue weighted by Gasteiger charge is -2.24. The molecule has 2 aliphatic carbocycles. The van der Waals surface area contributed by atoms with Gasteiger partial charge in [0.1, 0.15) is 5.82 Å². The number of hydrogen-bond donors (Lipinski definition) is 2. The summed E-state index contributed by atoms with van der Waals surface area (Å²) >= 11 is 7.21. The van der Waals surface area contributed by atoms with E-state index in [4.69, 9.17) is 17.2 Å². The highest BCUT2D eigenvalue weighted by Gasteiger charge is 2.39. The van der Waals surface area contributed by atoms with Crippen molar-refractivity contribution >= 4 is 45.8 Å². The van der Waals surface area contributed by atoms with E-state index in [1.165, 1.54) is 25.7 Å². The minimum atomic E-state index is 0.536. The van der Waals surface area contributed by atoms with Crippen LogP contribution in [0, 0.1) is 25.7 Å². The third-order valence-corrected chi connectivity index (χ3v) is 7.64. The van der Waals surface area contributed by atoms with Crippen molar-refractivity contribution in [2.24, 2.45) is 18.9 Å². The number of fused-ring (bicyclic) bond motifs is 3. The number of aromatic nitrogens is 4. The van der Waals surface area contributed by atoms with Crippen LogP contribution in [-0.2, 0) is 12.8 Å². The van der Waals surface area contributed by atoms with Crippen LogP contribution in [0.4, 0.5) is 5.69 Å². The monoisotopic (exact) mass is 452 g/mol. The summed E-state index contributed by atoms with van der Waals surface area (Å²) in [6.07, 6.45) is 5.37. The molecule has 2 saturated carbocycles. The number of rotatable bonds is 5. The molecule has 2 heterocycles. The smallest absolute Gasteiger partial charge is 0.188 e. The first kappa shape index (κ1) is 20.7. The number of nitrogens with one attached hydrogen (secondary N) is 2. The quantitative estimate of drug-likeness (QED) is 0.329. The zero-order chi connectivity index (χ0) is 21.5. The standard InChI is InChI=1S/C23H28N6S2/c1-13-8-14(2)25-23(24-13)31-12-21-27-19-11-17(6-7-20(19)29(21)3)26-22(30)28-18-10-15-4-5-16(18)9-15/h6-8,11,15-16,18H,4-5,9-10,12H2,1-3H3,(H2,26,28,30)/t15-,16+,18+/m1/s1. The Balaban J connectivity index is 1.26. The van der Waals surface area contributed by atoms with Crippen LogP contribution in [0.3, 0.4) is 0 Å². The maximum Gasteiger partial charge on any atom is 0.188 e. The molecule has 31 heavy (non-hydrogen) atoms. The van der Waals surface area contributed by atoms with Gasteiger partial charge in [-0.2, -0.15) is 0 Å². The number of aryl methyl sites for hydroxylation is 3. The van der Waals surface area contributed by atoms with E-state index >= 15 is 0 Å². The predicted molar refractivity (Wildman–Crippen MR) is 130 cm³/mol. The van der Waals surface area contributed by atoms with E-state index < -0.39 is 0 Å². The van der Waals surface area contributed by atoms with Crippen molar-refractivity contribution in [3.05, 3.63) is 41.5 Å². The normalized spacial score (nSPS) is 22.2. The number of thiocarbonyl (C=S) groups is 1. The molecule has 162 valence electrons. The molecule has 3 atom stereocenters. The maximum atomic E-state index is 5.59. The lowest BCUT2D eigenvalue weighted by atomic mass is 9.96. The third kappa shape index (κ3) is 4.41. The molecule has 8 heteroatoms. The van der Waals surface area contributed by atoms with Gasteiger partial charge in [-0.3, -0.25) is 0 Å². The number of imidazole rings is 1. The van der Waals surface area contributed by atoms with Crippen molar-refractivity contribution in [3.63, 3.8) is 0 Å². The van der Waals surface area contributed by atoms with Crippen LogP contribution < -0.4 is 10.6 Å². The largest absolute Gasteiger partial charge is 0.359 e. The Morgan fingerprint density at radius 1 is 1.13 bits per heavy atom. The molecule has 2 aliphatic rings. The lowest BCUT2D eigenvalue weighted by Crippen LogP contribution is -2.40. The van der Waals surface area contributed by atoms with E-state index in [1.54, 1.807) is 11.8 Å². The Bertz CT molecular complexity index is 1120.